The summed E-state index contributed by atoms with van der Waals surface area (Å²) in [6.07, 6.45) is 3.96. The highest BCUT2D eigenvalue weighted by Crippen LogP contribution is 2.39. The maximum Gasteiger partial charge on any atom is 0.223 e. The van der Waals surface area contributed by atoms with Crippen LogP contribution in [0.5, 0.6) is 0 Å². The van der Waals surface area contributed by atoms with Gasteiger partial charge < -0.3 is 4.57 Å². The van der Waals surface area contributed by atoms with E-state index >= 15 is 0 Å². The summed E-state index contributed by atoms with van der Waals surface area (Å²) in [7, 11) is -3.42. The molecule has 3 aromatic rings. The molecule has 0 spiro atoms. The third-order valence-corrected chi connectivity index (χ3v) is 5.50. The van der Waals surface area contributed by atoms with Gasteiger partial charge in [0.2, 0.25) is 7.14 Å². The van der Waals surface area contributed by atoms with Crippen LogP contribution in [0, 0.1) is 0 Å². The van der Waals surface area contributed by atoms with Gasteiger partial charge >= 0.3 is 0 Å². The lowest BCUT2D eigenvalue weighted by atomic mass is 10.5. The summed E-state index contributed by atoms with van der Waals surface area (Å²) in [6.45, 7) is 0. The van der Waals surface area contributed by atoms with Gasteiger partial charge in [0.25, 0.3) is 0 Å². The average molecular weight is 284 g/mol. The van der Waals surface area contributed by atoms with E-state index in [9.17, 15) is 4.57 Å². The van der Waals surface area contributed by atoms with Crippen molar-refractivity contribution < 1.29 is 8.68 Å². The first kappa shape index (κ1) is 9.56. The van der Waals surface area contributed by atoms with E-state index in [1.807, 2.05) is 0 Å². The summed E-state index contributed by atoms with van der Waals surface area (Å²) >= 11 is 0. The molecule has 0 aliphatic carbocycles. The summed E-state index contributed by atoms with van der Waals surface area (Å²) in [5.41, 5.74) is 0.803. The molecule has 0 radical (unpaired) electrons. The molecule has 98 valence electrons. The number of pyridine rings is 3. The highest BCUT2D eigenvalue weighted by Gasteiger charge is 2.33. The van der Waals surface area contributed by atoms with Crippen LogP contribution in [0.3, 0.4) is 0 Å². The Hall–Kier alpha value is -2.32. The molecule has 0 atom stereocenters. The minimum Gasteiger partial charge on any atom is -0.304 e. The van der Waals surface area contributed by atoms with Gasteiger partial charge in [-0.3, -0.25) is 15.0 Å². The minimum absolute atomic E-state index is 0.212. The molecule has 0 aromatic carbocycles. The summed E-state index contributed by atoms with van der Waals surface area (Å²) in [6, 6.07) is 9.73. The fourth-order valence-electron chi connectivity index (χ4n) is 1.85. The number of hydrogen-bond donors (Lipinski definition) is 0. The third-order valence-electron chi connectivity index (χ3n) is 2.77. The Balaban J connectivity index is 2.24. The van der Waals surface area contributed by atoms with Gasteiger partial charge in [-0.2, -0.15) is 0 Å². The van der Waals surface area contributed by atoms with E-state index in [-0.39, 0.29) is 34.4 Å². The molecule has 0 unspecified atom stereocenters. The fourth-order valence-corrected chi connectivity index (χ4v) is 4.07. The zero-order chi connectivity index (χ0) is 16.4. The second kappa shape index (κ2) is 5.35. The van der Waals surface area contributed by atoms with Crippen molar-refractivity contribution >= 4 is 23.4 Å². The molecule has 0 saturated heterocycles. The molecule has 0 fully saturated rings. The third kappa shape index (κ3) is 2.15. The molecule has 0 amide bonds. The number of rotatable bonds is 3. The van der Waals surface area contributed by atoms with E-state index in [1.54, 1.807) is 0 Å². The van der Waals surface area contributed by atoms with Gasteiger partial charge in [-0.25, -0.2) is 0 Å². The van der Waals surface area contributed by atoms with Crippen LogP contribution in [-0.2, 0) is 4.57 Å². The molecular formula is C15H12N3OP. The van der Waals surface area contributed by atoms with E-state index in [1.165, 1.54) is 55.0 Å². The molecule has 5 heteroatoms. The van der Waals surface area contributed by atoms with Gasteiger partial charge in [0, 0.05) is 18.6 Å². The Bertz CT molecular complexity index is 750. The van der Waals surface area contributed by atoms with Gasteiger partial charge in [-0.05, 0) is 36.3 Å². The Kier molecular flexibility index (Phi) is 2.56. The van der Waals surface area contributed by atoms with Gasteiger partial charge in [-0.1, -0.05) is 18.2 Å². The predicted molar refractivity (Wildman–Crippen MR) is 79.2 cm³/mol. The van der Waals surface area contributed by atoms with Crippen LogP contribution in [-0.4, -0.2) is 15.0 Å². The Morgan fingerprint density at radius 2 is 1.10 bits per heavy atom. The van der Waals surface area contributed by atoms with Crippen molar-refractivity contribution in [3.63, 3.8) is 0 Å². The quantitative estimate of drug-likeness (QED) is 0.684. The Morgan fingerprint density at radius 3 is 1.35 bits per heavy atom. The SMILES string of the molecule is [2H]c1ccc(P(=O)(c2ccc([2H])cn2)c2ccc([2H])cn2)nc1. The van der Waals surface area contributed by atoms with Crippen molar-refractivity contribution in [2.24, 2.45) is 0 Å². The zero-order valence-electron chi connectivity index (χ0n) is 13.4. The topological polar surface area (TPSA) is 55.7 Å². The van der Waals surface area contributed by atoms with Crippen LogP contribution >= 0.6 is 7.14 Å². The number of nitrogens with zero attached hydrogens (tertiary/aromatic N) is 3. The summed E-state index contributed by atoms with van der Waals surface area (Å²) in [4.78, 5) is 12.4. The van der Waals surface area contributed by atoms with Crippen molar-refractivity contribution in [2.45, 2.75) is 0 Å². The molecular weight excluding hydrogens is 269 g/mol. The second-order valence-electron chi connectivity index (χ2n) is 3.96. The Morgan fingerprint density at radius 1 is 0.750 bits per heavy atom. The second-order valence-corrected chi connectivity index (χ2v) is 6.55. The first-order valence-electron chi connectivity index (χ1n) is 7.40. The lowest BCUT2D eigenvalue weighted by Crippen LogP contribution is -2.29. The van der Waals surface area contributed by atoms with Crippen LogP contribution in [0.25, 0.3) is 0 Å². The standard InChI is InChI=1S/C15H12N3OP/c19-20(13-7-1-4-10-16-13,14-8-2-5-11-17-14)15-9-3-6-12-18-15/h1-12H/i4D,5D,6D. The van der Waals surface area contributed by atoms with Crippen molar-refractivity contribution in [3.05, 3.63) is 73.1 Å². The van der Waals surface area contributed by atoms with E-state index in [0.717, 1.165) is 0 Å². The largest absolute Gasteiger partial charge is 0.304 e. The van der Waals surface area contributed by atoms with Crippen LogP contribution in [0.4, 0.5) is 0 Å². The monoisotopic (exact) mass is 284 g/mol. The molecule has 4 nitrogen and oxygen atoms in total. The lowest BCUT2D eigenvalue weighted by Gasteiger charge is -2.16. The number of aromatic nitrogens is 3. The van der Waals surface area contributed by atoms with E-state index in [0.29, 0.717) is 0 Å². The fraction of sp³-hybridized carbons (Fsp3) is 0. The van der Waals surface area contributed by atoms with Crippen LogP contribution in [0.15, 0.2) is 73.1 Å². The molecule has 20 heavy (non-hydrogen) atoms. The highest BCUT2D eigenvalue weighted by atomic mass is 31.2. The van der Waals surface area contributed by atoms with Crippen LogP contribution in [0.2, 0.25) is 0 Å². The van der Waals surface area contributed by atoms with Crippen LogP contribution < -0.4 is 16.3 Å². The molecule has 0 aliphatic rings. The number of hydrogen-bond acceptors (Lipinski definition) is 4. The van der Waals surface area contributed by atoms with Crippen molar-refractivity contribution in [2.75, 3.05) is 0 Å². The lowest BCUT2D eigenvalue weighted by molar-refractivity contribution is 0.591. The first-order valence-corrected chi connectivity index (χ1v) is 7.60. The Labute approximate surface area is 121 Å². The maximum atomic E-state index is 13.8. The normalized spacial score (nSPS) is 13.3. The van der Waals surface area contributed by atoms with Crippen LogP contribution in [0.1, 0.15) is 4.11 Å². The highest BCUT2D eigenvalue weighted by molar-refractivity contribution is 7.84. The van der Waals surface area contributed by atoms with Crippen molar-refractivity contribution in [3.8, 4) is 0 Å². The molecule has 3 aromatic heterocycles. The molecule has 0 saturated carbocycles. The summed E-state index contributed by atoms with van der Waals surface area (Å²) in [5, 5.41) is 0. The minimum atomic E-state index is -3.42. The summed E-state index contributed by atoms with van der Waals surface area (Å²) in [5.74, 6) is 0. The van der Waals surface area contributed by atoms with E-state index in [2.05, 4.69) is 15.0 Å². The van der Waals surface area contributed by atoms with Gasteiger partial charge in [0.05, 0.1) is 4.11 Å². The smallest absolute Gasteiger partial charge is 0.223 e. The first-order chi connectivity index (χ1) is 11.0. The van der Waals surface area contributed by atoms with E-state index < -0.39 is 7.14 Å². The van der Waals surface area contributed by atoms with Gasteiger partial charge in [-0.15, -0.1) is 0 Å². The molecule has 0 bridgehead atoms. The predicted octanol–water partition coefficient (Wildman–Crippen LogP) is 1.51. The van der Waals surface area contributed by atoms with Crippen molar-refractivity contribution in [1.29, 1.82) is 0 Å². The summed E-state index contributed by atoms with van der Waals surface area (Å²) < 4.78 is 36.4. The molecule has 3 heterocycles. The van der Waals surface area contributed by atoms with Crippen molar-refractivity contribution in [1.82, 2.24) is 15.0 Å². The van der Waals surface area contributed by atoms with E-state index in [4.69, 9.17) is 4.11 Å². The molecule has 3 rings (SSSR count). The molecule has 0 aliphatic heterocycles. The average Bonchev–Trinajstić information content (AvgIpc) is 2.56. The van der Waals surface area contributed by atoms with Gasteiger partial charge in [0.1, 0.15) is 16.3 Å². The zero-order valence-corrected chi connectivity index (χ0v) is 11.3. The molecule has 0 N–H and O–H groups in total. The maximum absolute atomic E-state index is 13.8. The van der Waals surface area contributed by atoms with Gasteiger partial charge in [0.15, 0.2) is 0 Å².